The first-order valence-electron chi connectivity index (χ1n) is 8.70. The molecule has 3 aromatic rings. The molecule has 0 amide bonds. The van der Waals surface area contributed by atoms with Crippen LogP contribution in [0.15, 0.2) is 52.4 Å². The molecule has 1 aromatic carbocycles. The first kappa shape index (κ1) is 21.5. The monoisotopic (exact) mass is 452 g/mol. The molecule has 0 spiro atoms. The summed E-state index contributed by atoms with van der Waals surface area (Å²) in [5.74, 6) is 0.0877. The standard InChI is InChI=1S/C18H20N4O4S3/c1-29(25,26)19-10-9-14-7-8-16(28-14)15(23)12-27-18-21-20-17(24)22(18)11-13-5-3-2-4-6-13/h2-8,19H,9-12H2,1H3,(H,20,24). The number of rotatable bonds is 10. The highest BCUT2D eigenvalue weighted by Gasteiger charge is 2.15. The van der Waals surface area contributed by atoms with E-state index in [0.717, 1.165) is 16.7 Å². The third-order valence-electron chi connectivity index (χ3n) is 3.91. The Morgan fingerprint density at radius 1 is 1.24 bits per heavy atom. The van der Waals surface area contributed by atoms with Gasteiger partial charge in [0.25, 0.3) is 0 Å². The minimum Gasteiger partial charge on any atom is -0.292 e. The highest BCUT2D eigenvalue weighted by molar-refractivity contribution is 7.99. The van der Waals surface area contributed by atoms with Gasteiger partial charge in [0, 0.05) is 11.4 Å². The van der Waals surface area contributed by atoms with Gasteiger partial charge < -0.3 is 0 Å². The number of carbonyl (C=O) groups excluding carboxylic acids is 1. The van der Waals surface area contributed by atoms with Gasteiger partial charge in [-0.3, -0.25) is 9.36 Å². The molecule has 2 aromatic heterocycles. The van der Waals surface area contributed by atoms with Crippen LogP contribution in [0.1, 0.15) is 20.1 Å². The summed E-state index contributed by atoms with van der Waals surface area (Å²) in [5.41, 5.74) is 0.648. The summed E-state index contributed by atoms with van der Waals surface area (Å²) in [6, 6.07) is 13.1. The zero-order valence-electron chi connectivity index (χ0n) is 15.6. The van der Waals surface area contributed by atoms with E-state index in [2.05, 4.69) is 14.9 Å². The third-order valence-corrected chi connectivity index (χ3v) is 6.80. The number of nitrogens with one attached hydrogen (secondary N) is 2. The van der Waals surface area contributed by atoms with Gasteiger partial charge in [0.2, 0.25) is 10.0 Å². The van der Waals surface area contributed by atoms with Crippen LogP contribution < -0.4 is 10.4 Å². The maximum absolute atomic E-state index is 12.5. The maximum Gasteiger partial charge on any atom is 0.344 e. The lowest BCUT2D eigenvalue weighted by molar-refractivity contribution is 0.102. The Balaban J connectivity index is 1.58. The Labute approximate surface area is 176 Å². The number of benzene rings is 1. The van der Waals surface area contributed by atoms with Crippen LogP contribution >= 0.6 is 23.1 Å². The van der Waals surface area contributed by atoms with Crippen molar-refractivity contribution in [3.63, 3.8) is 0 Å². The fourth-order valence-corrected chi connectivity index (χ4v) is 4.88. The number of thiophene rings is 1. The van der Waals surface area contributed by atoms with Crippen molar-refractivity contribution < 1.29 is 13.2 Å². The van der Waals surface area contributed by atoms with Crippen molar-refractivity contribution in [2.45, 2.75) is 18.1 Å². The normalized spacial score (nSPS) is 11.6. The highest BCUT2D eigenvalue weighted by Crippen LogP contribution is 2.21. The molecule has 0 radical (unpaired) electrons. The first-order chi connectivity index (χ1) is 13.8. The van der Waals surface area contributed by atoms with Crippen LogP contribution in [-0.2, 0) is 23.0 Å². The number of hydrogen-bond acceptors (Lipinski definition) is 7. The lowest BCUT2D eigenvalue weighted by atomic mass is 10.2. The summed E-state index contributed by atoms with van der Waals surface area (Å²) in [6.07, 6.45) is 1.63. The van der Waals surface area contributed by atoms with Gasteiger partial charge in [-0.2, -0.15) is 0 Å². The molecule has 0 aliphatic heterocycles. The van der Waals surface area contributed by atoms with Crippen molar-refractivity contribution in [3.05, 3.63) is 68.3 Å². The van der Waals surface area contributed by atoms with E-state index in [1.165, 1.54) is 27.7 Å². The fourth-order valence-electron chi connectivity index (χ4n) is 2.54. The Morgan fingerprint density at radius 3 is 2.72 bits per heavy atom. The number of ketones is 1. The second-order valence-corrected chi connectivity index (χ2v) is 10.2. The zero-order valence-corrected chi connectivity index (χ0v) is 18.1. The van der Waals surface area contributed by atoms with Crippen molar-refractivity contribution in [2.24, 2.45) is 0 Å². The van der Waals surface area contributed by atoms with Gasteiger partial charge in [-0.1, -0.05) is 42.1 Å². The molecule has 0 bridgehead atoms. The highest BCUT2D eigenvalue weighted by atomic mass is 32.2. The van der Waals surface area contributed by atoms with Gasteiger partial charge in [-0.15, -0.1) is 16.4 Å². The topological polar surface area (TPSA) is 114 Å². The van der Waals surface area contributed by atoms with Crippen molar-refractivity contribution >= 4 is 38.9 Å². The molecular formula is C18H20N4O4S3. The largest absolute Gasteiger partial charge is 0.344 e. The minimum absolute atomic E-state index is 0.0657. The number of hydrogen-bond donors (Lipinski definition) is 2. The average Bonchev–Trinajstić information content (AvgIpc) is 3.28. The lowest BCUT2D eigenvalue weighted by Crippen LogP contribution is -2.23. The summed E-state index contributed by atoms with van der Waals surface area (Å²) in [7, 11) is -3.22. The molecule has 0 saturated heterocycles. The van der Waals surface area contributed by atoms with Gasteiger partial charge in [0.1, 0.15) is 0 Å². The number of Topliss-reactive ketones (excluding diaryl/α,β-unsaturated/α-hetero) is 1. The SMILES string of the molecule is CS(=O)(=O)NCCc1ccc(C(=O)CSc2n[nH]c(=O)n2Cc2ccccc2)s1. The number of aromatic amines is 1. The van der Waals surface area contributed by atoms with E-state index in [9.17, 15) is 18.0 Å². The molecule has 0 fully saturated rings. The van der Waals surface area contributed by atoms with Crippen molar-refractivity contribution in [1.29, 1.82) is 0 Å². The predicted octanol–water partition coefficient (Wildman–Crippen LogP) is 1.75. The van der Waals surface area contributed by atoms with E-state index in [-0.39, 0.29) is 17.2 Å². The Bertz CT molecular complexity index is 1130. The number of carbonyl (C=O) groups is 1. The van der Waals surface area contributed by atoms with Crippen LogP contribution in [0.5, 0.6) is 0 Å². The van der Waals surface area contributed by atoms with Gasteiger partial charge in [-0.25, -0.2) is 23.0 Å². The Morgan fingerprint density at radius 2 is 2.00 bits per heavy atom. The van der Waals surface area contributed by atoms with Crippen molar-refractivity contribution in [1.82, 2.24) is 19.5 Å². The molecule has 154 valence electrons. The average molecular weight is 453 g/mol. The number of sulfonamides is 1. The summed E-state index contributed by atoms with van der Waals surface area (Å²) in [5, 5.41) is 6.91. The zero-order chi connectivity index (χ0) is 20.9. The molecular weight excluding hydrogens is 432 g/mol. The molecule has 2 heterocycles. The van der Waals surface area contributed by atoms with Crippen LogP contribution in [0.2, 0.25) is 0 Å². The summed E-state index contributed by atoms with van der Waals surface area (Å²) >= 11 is 2.55. The number of aromatic nitrogens is 3. The molecule has 0 aliphatic rings. The van der Waals surface area contributed by atoms with Gasteiger partial charge in [0.05, 0.1) is 23.4 Å². The van der Waals surface area contributed by atoms with Crippen LogP contribution in [0, 0.1) is 0 Å². The molecule has 11 heteroatoms. The molecule has 8 nitrogen and oxygen atoms in total. The second-order valence-electron chi connectivity index (χ2n) is 6.28. The molecule has 0 saturated carbocycles. The first-order valence-corrected chi connectivity index (χ1v) is 12.4. The number of nitrogens with zero attached hydrogens (tertiary/aromatic N) is 2. The lowest BCUT2D eigenvalue weighted by Gasteiger charge is -2.05. The molecule has 2 N–H and O–H groups in total. The molecule has 0 unspecified atom stereocenters. The van der Waals surface area contributed by atoms with E-state index in [4.69, 9.17) is 0 Å². The van der Waals surface area contributed by atoms with E-state index in [0.29, 0.717) is 29.5 Å². The van der Waals surface area contributed by atoms with E-state index in [1.807, 2.05) is 36.4 Å². The van der Waals surface area contributed by atoms with Gasteiger partial charge >= 0.3 is 5.69 Å². The van der Waals surface area contributed by atoms with Gasteiger partial charge in [0.15, 0.2) is 10.9 Å². The quantitative estimate of drug-likeness (QED) is 0.358. The van der Waals surface area contributed by atoms with Crippen LogP contribution in [0.25, 0.3) is 0 Å². The third kappa shape index (κ3) is 6.39. The summed E-state index contributed by atoms with van der Waals surface area (Å²) in [6.45, 7) is 0.671. The minimum atomic E-state index is -3.22. The van der Waals surface area contributed by atoms with E-state index < -0.39 is 10.0 Å². The van der Waals surface area contributed by atoms with Crippen molar-refractivity contribution in [3.8, 4) is 0 Å². The maximum atomic E-state index is 12.5. The van der Waals surface area contributed by atoms with Crippen LogP contribution in [0.3, 0.4) is 0 Å². The van der Waals surface area contributed by atoms with E-state index >= 15 is 0 Å². The smallest absolute Gasteiger partial charge is 0.292 e. The molecule has 0 aliphatic carbocycles. The number of H-pyrrole nitrogens is 1. The summed E-state index contributed by atoms with van der Waals surface area (Å²) in [4.78, 5) is 26.0. The predicted molar refractivity (Wildman–Crippen MR) is 114 cm³/mol. The second kappa shape index (κ2) is 9.53. The fraction of sp³-hybridized carbons (Fsp3) is 0.278. The Hall–Kier alpha value is -2.21. The molecule has 29 heavy (non-hydrogen) atoms. The van der Waals surface area contributed by atoms with Crippen molar-refractivity contribution in [2.75, 3.05) is 18.6 Å². The number of thioether (sulfide) groups is 1. The van der Waals surface area contributed by atoms with Crippen LogP contribution in [-0.4, -0.2) is 47.5 Å². The summed E-state index contributed by atoms with van der Waals surface area (Å²) < 4.78 is 26.1. The molecule has 0 atom stereocenters. The Kier molecular flexibility index (Phi) is 7.06. The van der Waals surface area contributed by atoms with Gasteiger partial charge in [-0.05, 0) is 24.1 Å². The van der Waals surface area contributed by atoms with Crippen LogP contribution in [0.4, 0.5) is 0 Å². The van der Waals surface area contributed by atoms with E-state index in [1.54, 1.807) is 6.07 Å². The molecule has 3 rings (SSSR count).